The summed E-state index contributed by atoms with van der Waals surface area (Å²) in [4.78, 5) is 2.41. The third-order valence-corrected chi connectivity index (χ3v) is 9.81. The quantitative estimate of drug-likeness (QED) is 0.0845. The zero-order valence-corrected chi connectivity index (χ0v) is 26.7. The summed E-state index contributed by atoms with van der Waals surface area (Å²) < 4.78 is 0.938. The van der Waals surface area contributed by atoms with Crippen LogP contribution in [0.4, 0.5) is 37.9 Å². The molecule has 1 aliphatic rings. The topological polar surface area (TPSA) is 103 Å². The maximum Gasteiger partial charge on any atom is 0.252 e. The SMILES string of the molecule is CCCCCCSc1nnc(/N=N/c2ccc(/N=N/c3ccc(/N=N/c4ccc(N5CCCC5)s4)cc3C)cc2C)s1. The first-order chi connectivity index (χ1) is 20.6. The smallest absolute Gasteiger partial charge is 0.252 e. The molecule has 1 fully saturated rings. The highest BCUT2D eigenvalue weighted by atomic mass is 32.2. The zero-order chi connectivity index (χ0) is 29.1. The van der Waals surface area contributed by atoms with Gasteiger partial charge in [-0.15, -0.1) is 30.7 Å². The van der Waals surface area contributed by atoms with Crippen LogP contribution in [0.3, 0.4) is 0 Å². The molecule has 1 aliphatic heterocycles. The average molecular weight is 618 g/mol. The van der Waals surface area contributed by atoms with Crippen molar-refractivity contribution in [3.8, 4) is 0 Å². The fourth-order valence-corrected chi connectivity index (χ4v) is 7.02. The van der Waals surface area contributed by atoms with Crippen molar-refractivity contribution >= 4 is 72.3 Å². The summed E-state index contributed by atoms with van der Waals surface area (Å²) in [7, 11) is 0. The van der Waals surface area contributed by atoms with E-state index in [2.05, 4.69) is 58.8 Å². The van der Waals surface area contributed by atoms with Gasteiger partial charge in [-0.05, 0) is 92.8 Å². The Labute approximate surface area is 259 Å². The zero-order valence-electron chi connectivity index (χ0n) is 24.2. The van der Waals surface area contributed by atoms with Gasteiger partial charge in [0.2, 0.25) is 0 Å². The van der Waals surface area contributed by atoms with E-state index in [-0.39, 0.29) is 0 Å². The molecule has 0 aliphatic carbocycles. The lowest BCUT2D eigenvalue weighted by atomic mass is 10.2. The molecule has 42 heavy (non-hydrogen) atoms. The molecule has 218 valence electrons. The average Bonchev–Trinajstić information content (AvgIpc) is 3.78. The summed E-state index contributed by atoms with van der Waals surface area (Å²) in [5.41, 5.74) is 5.04. The second-order valence-corrected chi connectivity index (χ2v) is 13.4. The molecule has 5 rings (SSSR count). The molecule has 0 N–H and O–H groups in total. The minimum Gasteiger partial charge on any atom is -0.363 e. The molecule has 4 aromatic rings. The number of anilines is 1. The Morgan fingerprint density at radius 3 is 2.12 bits per heavy atom. The van der Waals surface area contributed by atoms with Crippen LogP contribution in [0.15, 0.2) is 83.6 Å². The Kier molecular flexibility index (Phi) is 10.9. The first-order valence-corrected chi connectivity index (χ1v) is 17.0. The number of hydrogen-bond donors (Lipinski definition) is 0. The first kappa shape index (κ1) is 30.1. The van der Waals surface area contributed by atoms with E-state index in [1.807, 2.05) is 56.3 Å². The molecule has 12 heteroatoms. The number of aryl methyl sites for hydroxylation is 2. The maximum atomic E-state index is 4.47. The Morgan fingerprint density at radius 2 is 1.43 bits per heavy atom. The van der Waals surface area contributed by atoms with Crippen molar-refractivity contribution < 1.29 is 0 Å². The fourth-order valence-electron chi connectivity index (χ4n) is 4.41. The number of unbranched alkanes of at least 4 members (excludes halogenated alkanes) is 3. The van der Waals surface area contributed by atoms with Crippen LogP contribution in [0.1, 0.15) is 56.6 Å². The first-order valence-electron chi connectivity index (χ1n) is 14.3. The van der Waals surface area contributed by atoms with Gasteiger partial charge in [-0.25, -0.2) is 0 Å². The highest BCUT2D eigenvalue weighted by molar-refractivity contribution is 8.01. The standard InChI is InChI=1S/C30H35N9S3/c1-4-5-6-9-18-40-30-38-37-29(42-30)36-34-26-13-10-23(19-22(26)3)31-33-25-12-11-24(20-21(25)2)32-35-27-14-15-28(41-27)39-16-7-8-17-39/h10-15,19-20H,4-9,16-18H2,1-3H3/b33-31+,35-32+,36-34+. The van der Waals surface area contributed by atoms with Gasteiger partial charge in [0.1, 0.15) is 5.00 Å². The predicted octanol–water partition coefficient (Wildman–Crippen LogP) is 11.7. The summed E-state index contributed by atoms with van der Waals surface area (Å²) in [5.74, 6) is 1.06. The second-order valence-electron chi connectivity index (χ2n) is 10.1. The van der Waals surface area contributed by atoms with E-state index in [0.29, 0.717) is 5.13 Å². The van der Waals surface area contributed by atoms with Gasteiger partial charge in [0.25, 0.3) is 5.13 Å². The minimum atomic E-state index is 0.565. The molecule has 0 radical (unpaired) electrons. The lowest BCUT2D eigenvalue weighted by Gasteiger charge is -2.13. The molecule has 0 spiro atoms. The Hall–Kier alpha value is -3.35. The van der Waals surface area contributed by atoms with Gasteiger partial charge in [0, 0.05) is 18.8 Å². The number of hydrogen-bond acceptors (Lipinski definition) is 12. The molecular weight excluding hydrogens is 583 g/mol. The van der Waals surface area contributed by atoms with Crippen LogP contribution in [-0.2, 0) is 0 Å². The normalized spacial score (nSPS) is 13.9. The number of thioether (sulfide) groups is 1. The van der Waals surface area contributed by atoms with Gasteiger partial charge in [-0.2, -0.15) is 10.2 Å². The molecule has 2 aromatic heterocycles. The lowest BCUT2D eigenvalue weighted by Crippen LogP contribution is -2.15. The largest absolute Gasteiger partial charge is 0.363 e. The van der Waals surface area contributed by atoms with Crippen LogP contribution in [-0.4, -0.2) is 29.0 Å². The molecule has 0 saturated carbocycles. The lowest BCUT2D eigenvalue weighted by molar-refractivity contribution is 0.706. The highest BCUT2D eigenvalue weighted by Gasteiger charge is 2.14. The summed E-state index contributed by atoms with van der Waals surface area (Å²) in [6.45, 7) is 8.47. The number of nitrogens with zero attached hydrogens (tertiary/aromatic N) is 9. The number of azo groups is 3. The molecule has 0 atom stereocenters. The van der Waals surface area contributed by atoms with Crippen LogP contribution < -0.4 is 4.90 Å². The van der Waals surface area contributed by atoms with Crippen molar-refractivity contribution in [2.75, 3.05) is 23.7 Å². The third-order valence-electron chi connectivity index (χ3n) is 6.76. The van der Waals surface area contributed by atoms with E-state index >= 15 is 0 Å². The van der Waals surface area contributed by atoms with E-state index in [4.69, 9.17) is 0 Å². The molecule has 9 nitrogen and oxygen atoms in total. The summed E-state index contributed by atoms with van der Waals surface area (Å²) in [6.07, 6.45) is 7.52. The van der Waals surface area contributed by atoms with Crippen LogP contribution >= 0.6 is 34.4 Å². The Balaban J connectivity index is 1.15. The van der Waals surface area contributed by atoms with E-state index < -0.39 is 0 Å². The maximum absolute atomic E-state index is 4.47. The van der Waals surface area contributed by atoms with Crippen molar-refractivity contribution in [1.82, 2.24) is 10.2 Å². The Morgan fingerprint density at radius 1 is 0.738 bits per heavy atom. The molecule has 3 heterocycles. The summed E-state index contributed by atoms with van der Waals surface area (Å²) in [5, 5.41) is 37.6. The monoisotopic (exact) mass is 617 g/mol. The van der Waals surface area contributed by atoms with Gasteiger partial charge in [0.15, 0.2) is 4.34 Å². The van der Waals surface area contributed by atoms with Crippen molar-refractivity contribution in [2.24, 2.45) is 30.7 Å². The molecule has 1 saturated heterocycles. The number of thiophene rings is 1. The number of benzene rings is 2. The highest BCUT2D eigenvalue weighted by Crippen LogP contribution is 2.36. The molecule has 0 amide bonds. The van der Waals surface area contributed by atoms with Gasteiger partial charge < -0.3 is 4.90 Å². The van der Waals surface area contributed by atoms with Crippen LogP contribution in [0.2, 0.25) is 0 Å². The van der Waals surface area contributed by atoms with E-state index in [0.717, 1.165) is 62.1 Å². The van der Waals surface area contributed by atoms with Crippen molar-refractivity contribution in [3.63, 3.8) is 0 Å². The van der Waals surface area contributed by atoms with Crippen molar-refractivity contribution in [1.29, 1.82) is 0 Å². The molecule has 0 unspecified atom stereocenters. The fraction of sp³-hybridized carbons (Fsp3) is 0.400. The van der Waals surface area contributed by atoms with Gasteiger partial charge in [0.05, 0.1) is 27.8 Å². The van der Waals surface area contributed by atoms with Crippen molar-refractivity contribution in [3.05, 3.63) is 59.7 Å². The minimum absolute atomic E-state index is 0.565. The van der Waals surface area contributed by atoms with Crippen LogP contribution in [0, 0.1) is 13.8 Å². The summed E-state index contributed by atoms with van der Waals surface area (Å²) >= 11 is 4.90. The van der Waals surface area contributed by atoms with E-state index in [1.165, 1.54) is 54.9 Å². The van der Waals surface area contributed by atoms with E-state index in [9.17, 15) is 0 Å². The molecular formula is C30H35N9S3. The molecule has 2 aromatic carbocycles. The van der Waals surface area contributed by atoms with Crippen LogP contribution in [0.5, 0.6) is 0 Å². The number of rotatable bonds is 13. The molecule has 0 bridgehead atoms. The van der Waals surface area contributed by atoms with Gasteiger partial charge in [-0.3, -0.25) is 0 Å². The predicted molar refractivity (Wildman–Crippen MR) is 175 cm³/mol. The van der Waals surface area contributed by atoms with Gasteiger partial charge >= 0.3 is 0 Å². The Bertz CT molecular complexity index is 1550. The van der Waals surface area contributed by atoms with Crippen molar-refractivity contribution in [2.45, 2.75) is 63.6 Å². The second kappa shape index (κ2) is 15.2. The van der Waals surface area contributed by atoms with Gasteiger partial charge in [-0.1, -0.05) is 60.6 Å². The van der Waals surface area contributed by atoms with E-state index in [1.54, 1.807) is 23.1 Å². The van der Waals surface area contributed by atoms with Crippen LogP contribution in [0.25, 0.3) is 0 Å². The summed E-state index contributed by atoms with van der Waals surface area (Å²) in [6, 6.07) is 15.7. The third kappa shape index (κ3) is 8.59. The number of aromatic nitrogens is 2.